The Morgan fingerprint density at radius 1 is 1.26 bits per heavy atom. The number of rotatable bonds is 4. The summed E-state index contributed by atoms with van der Waals surface area (Å²) in [6, 6.07) is 13.6. The monoisotopic (exact) mass is 455 g/mol. The van der Waals surface area contributed by atoms with E-state index in [9.17, 15) is 14.7 Å². The molecule has 2 amide bonds. The van der Waals surface area contributed by atoms with Gasteiger partial charge in [-0.25, -0.2) is 0 Å². The molecule has 0 aromatic heterocycles. The van der Waals surface area contributed by atoms with Gasteiger partial charge in [-0.3, -0.25) is 9.59 Å². The smallest absolute Gasteiger partial charge is 0.258 e. The Hall–Kier alpha value is -3.01. The molecule has 2 aromatic carbocycles. The number of carbonyl (C=O) groups excluding carboxylic acids is 2. The number of aliphatic hydroxyl groups is 1. The highest BCUT2D eigenvalue weighted by Crippen LogP contribution is 2.48. The molecule has 8 heteroatoms. The average molecular weight is 456 g/mol. The molecule has 0 bridgehead atoms. The van der Waals surface area contributed by atoms with E-state index in [-0.39, 0.29) is 35.7 Å². The molecule has 0 unspecified atom stereocenters. The molecule has 1 saturated heterocycles. The van der Waals surface area contributed by atoms with Crippen molar-refractivity contribution in [2.45, 2.75) is 31.3 Å². The van der Waals surface area contributed by atoms with Crippen molar-refractivity contribution in [3.8, 4) is 6.07 Å². The second kappa shape index (κ2) is 7.92. The number of nitrogens with zero attached hydrogens (tertiary/aromatic N) is 2. The molecule has 2 atom stereocenters. The lowest BCUT2D eigenvalue weighted by atomic mass is 9.85. The highest BCUT2D eigenvalue weighted by atomic mass is 35.5. The van der Waals surface area contributed by atoms with E-state index < -0.39 is 5.54 Å². The number of hydrogen-bond acceptors (Lipinski definition) is 4. The number of nitrogens with one attached hydrogen (secondary N) is 1. The molecule has 1 fully saturated rings. The van der Waals surface area contributed by atoms with Crippen LogP contribution in [-0.2, 0) is 16.0 Å². The van der Waals surface area contributed by atoms with Crippen LogP contribution in [0.2, 0.25) is 10.0 Å². The predicted molar refractivity (Wildman–Crippen MR) is 118 cm³/mol. The van der Waals surface area contributed by atoms with Gasteiger partial charge in [0.15, 0.2) is 0 Å². The van der Waals surface area contributed by atoms with Crippen molar-refractivity contribution >= 4 is 40.6 Å². The van der Waals surface area contributed by atoms with Gasteiger partial charge in [-0.2, -0.15) is 5.26 Å². The van der Waals surface area contributed by atoms with Crippen molar-refractivity contribution in [1.82, 2.24) is 10.2 Å². The molecule has 6 nitrogen and oxygen atoms in total. The number of hydrogen-bond donors (Lipinski definition) is 2. The van der Waals surface area contributed by atoms with E-state index in [2.05, 4.69) is 11.4 Å². The van der Waals surface area contributed by atoms with E-state index >= 15 is 0 Å². The van der Waals surface area contributed by atoms with Gasteiger partial charge in [-0.15, -0.1) is 0 Å². The second-order valence-electron chi connectivity index (χ2n) is 7.92. The van der Waals surface area contributed by atoms with Crippen LogP contribution in [0.25, 0.3) is 5.57 Å². The topological polar surface area (TPSA) is 93.4 Å². The molecule has 0 spiro atoms. The van der Waals surface area contributed by atoms with E-state index in [4.69, 9.17) is 28.5 Å². The highest BCUT2D eigenvalue weighted by Gasteiger charge is 2.57. The maximum absolute atomic E-state index is 13.4. The lowest BCUT2D eigenvalue weighted by Gasteiger charge is -2.32. The van der Waals surface area contributed by atoms with Gasteiger partial charge in [0.2, 0.25) is 5.91 Å². The van der Waals surface area contributed by atoms with Gasteiger partial charge >= 0.3 is 0 Å². The van der Waals surface area contributed by atoms with Crippen LogP contribution in [0.4, 0.5) is 0 Å². The standard InChI is InChI=1S/C23H19Cl2N3O3/c1-13(29)27-19-10-23(9-14-2-4-15(11-26)5-3-14)21(30)20(22(31)28(23)12-19)16-6-17(24)8-18(25)7-16/h2-8,19,30H,9-10,12H2,1H3,(H,27,29)/t19-,23-/m0/s1. The van der Waals surface area contributed by atoms with Crippen LogP contribution < -0.4 is 5.32 Å². The summed E-state index contributed by atoms with van der Waals surface area (Å²) >= 11 is 12.3. The van der Waals surface area contributed by atoms with Gasteiger partial charge in [0.05, 0.1) is 17.2 Å². The minimum Gasteiger partial charge on any atom is -0.509 e. The van der Waals surface area contributed by atoms with Gasteiger partial charge < -0.3 is 15.3 Å². The third kappa shape index (κ3) is 3.76. The summed E-state index contributed by atoms with van der Waals surface area (Å²) in [6.07, 6.45) is 0.701. The van der Waals surface area contributed by atoms with E-state index in [1.807, 2.05) is 12.1 Å². The molecule has 0 radical (unpaired) electrons. The molecule has 0 saturated carbocycles. The minimum absolute atomic E-state index is 0.0620. The number of nitriles is 1. The molecule has 2 aliphatic rings. The Labute approximate surface area is 189 Å². The van der Waals surface area contributed by atoms with Crippen molar-refractivity contribution in [2.75, 3.05) is 6.54 Å². The molecule has 2 aliphatic heterocycles. The fraction of sp³-hybridized carbons (Fsp3) is 0.261. The first kappa shape index (κ1) is 21.2. The zero-order valence-corrected chi connectivity index (χ0v) is 18.2. The fourth-order valence-electron chi connectivity index (χ4n) is 4.58. The maximum Gasteiger partial charge on any atom is 0.258 e. The van der Waals surface area contributed by atoms with Crippen LogP contribution in [0.15, 0.2) is 48.2 Å². The molecule has 158 valence electrons. The van der Waals surface area contributed by atoms with Crippen molar-refractivity contribution in [1.29, 1.82) is 5.26 Å². The highest BCUT2D eigenvalue weighted by molar-refractivity contribution is 6.35. The molecule has 2 N–H and O–H groups in total. The van der Waals surface area contributed by atoms with E-state index in [1.54, 1.807) is 35.2 Å². The van der Waals surface area contributed by atoms with Gasteiger partial charge in [-0.1, -0.05) is 35.3 Å². The van der Waals surface area contributed by atoms with Crippen LogP contribution >= 0.6 is 23.2 Å². The van der Waals surface area contributed by atoms with Crippen molar-refractivity contribution in [3.63, 3.8) is 0 Å². The first-order valence-electron chi connectivity index (χ1n) is 9.72. The number of aliphatic hydroxyl groups excluding tert-OH is 1. The van der Waals surface area contributed by atoms with E-state index in [1.165, 1.54) is 6.92 Å². The summed E-state index contributed by atoms with van der Waals surface area (Å²) in [5.41, 5.74) is 0.987. The molecule has 0 aliphatic carbocycles. The van der Waals surface area contributed by atoms with Crippen molar-refractivity contribution in [2.24, 2.45) is 0 Å². The summed E-state index contributed by atoms with van der Waals surface area (Å²) in [6.45, 7) is 1.70. The first-order valence-corrected chi connectivity index (χ1v) is 10.5. The molecular formula is C23H19Cl2N3O3. The number of benzene rings is 2. The summed E-state index contributed by atoms with van der Waals surface area (Å²) < 4.78 is 0. The quantitative estimate of drug-likeness (QED) is 0.731. The Balaban J connectivity index is 1.81. The molecule has 2 aromatic rings. The number of amides is 2. The largest absolute Gasteiger partial charge is 0.509 e. The van der Waals surface area contributed by atoms with Gasteiger partial charge in [0.25, 0.3) is 5.91 Å². The zero-order valence-electron chi connectivity index (χ0n) is 16.7. The van der Waals surface area contributed by atoms with E-state index in [0.717, 1.165) is 5.56 Å². The third-order valence-electron chi connectivity index (χ3n) is 5.78. The zero-order chi connectivity index (χ0) is 22.3. The van der Waals surface area contributed by atoms with Crippen molar-refractivity contribution < 1.29 is 14.7 Å². The summed E-state index contributed by atoms with van der Waals surface area (Å²) in [5.74, 6) is -0.595. The van der Waals surface area contributed by atoms with Crippen LogP contribution in [0, 0.1) is 11.3 Å². The lowest BCUT2D eigenvalue weighted by Crippen LogP contribution is -2.45. The Kier molecular flexibility index (Phi) is 5.42. The first-order chi connectivity index (χ1) is 14.7. The summed E-state index contributed by atoms with van der Waals surface area (Å²) in [4.78, 5) is 26.7. The lowest BCUT2D eigenvalue weighted by molar-refractivity contribution is -0.127. The van der Waals surface area contributed by atoms with Crippen LogP contribution in [-0.4, -0.2) is 39.9 Å². The SMILES string of the molecule is CC(=O)N[C@@H]1CN2C(=O)C(c3cc(Cl)cc(Cl)c3)=C(O)[C@]2(Cc2ccc(C#N)cc2)C1. The van der Waals surface area contributed by atoms with Crippen molar-refractivity contribution in [3.05, 3.63) is 75.0 Å². The molecular weight excluding hydrogens is 437 g/mol. The Morgan fingerprint density at radius 2 is 1.90 bits per heavy atom. The molecule has 2 heterocycles. The number of halogens is 2. The fourth-order valence-corrected chi connectivity index (χ4v) is 5.10. The second-order valence-corrected chi connectivity index (χ2v) is 8.79. The Bertz CT molecular complexity index is 1130. The third-order valence-corrected chi connectivity index (χ3v) is 6.21. The normalized spacial score (nSPS) is 22.5. The van der Waals surface area contributed by atoms with Gasteiger partial charge in [-0.05, 0) is 41.5 Å². The predicted octanol–water partition coefficient (Wildman–Crippen LogP) is 3.87. The van der Waals surface area contributed by atoms with Crippen LogP contribution in [0.3, 0.4) is 0 Å². The van der Waals surface area contributed by atoms with E-state index in [0.29, 0.717) is 34.0 Å². The Morgan fingerprint density at radius 3 is 2.48 bits per heavy atom. The summed E-state index contributed by atoms with van der Waals surface area (Å²) in [7, 11) is 0. The summed E-state index contributed by atoms with van der Waals surface area (Å²) in [5, 5.41) is 24.0. The van der Waals surface area contributed by atoms with Gasteiger partial charge in [0, 0.05) is 42.4 Å². The van der Waals surface area contributed by atoms with Crippen LogP contribution in [0.5, 0.6) is 0 Å². The number of carbonyl (C=O) groups is 2. The molecule has 31 heavy (non-hydrogen) atoms. The van der Waals surface area contributed by atoms with Crippen LogP contribution in [0.1, 0.15) is 30.0 Å². The average Bonchev–Trinajstić information content (AvgIpc) is 3.14. The van der Waals surface area contributed by atoms with Gasteiger partial charge in [0.1, 0.15) is 11.3 Å². The minimum atomic E-state index is -1.01. The number of fused-ring (bicyclic) bond motifs is 1. The maximum atomic E-state index is 13.4. The molecule has 4 rings (SSSR count).